The van der Waals surface area contributed by atoms with Crippen LogP contribution in [-0.4, -0.2) is 30.0 Å². The summed E-state index contributed by atoms with van der Waals surface area (Å²) in [6, 6.07) is 5.52. The molecule has 1 aliphatic heterocycles. The Morgan fingerprint density at radius 1 is 1.35 bits per heavy atom. The number of carbonyl (C=O) groups excluding carboxylic acids is 2. The molecule has 26 heavy (non-hydrogen) atoms. The fraction of sp³-hybridized carbons (Fsp3) is 0.421. The van der Waals surface area contributed by atoms with Gasteiger partial charge in [-0.05, 0) is 50.8 Å². The second kappa shape index (κ2) is 6.48. The molecule has 0 spiro atoms. The predicted molar refractivity (Wildman–Crippen MR) is 97.7 cm³/mol. The van der Waals surface area contributed by atoms with Crippen molar-refractivity contribution < 1.29 is 14.0 Å². The SMILES string of the molecule is CCNC(=O)N1CCc2ccc(NC(=O)c3oc(C4CC4)nc3C)cc21. The van der Waals surface area contributed by atoms with Gasteiger partial charge in [0.2, 0.25) is 5.76 Å². The topological polar surface area (TPSA) is 87.5 Å². The van der Waals surface area contributed by atoms with Crippen molar-refractivity contribution in [2.45, 2.75) is 39.0 Å². The zero-order valence-corrected chi connectivity index (χ0v) is 15.0. The Kier molecular flexibility index (Phi) is 4.14. The number of nitrogens with one attached hydrogen (secondary N) is 2. The van der Waals surface area contributed by atoms with Crippen LogP contribution in [-0.2, 0) is 6.42 Å². The molecule has 1 saturated carbocycles. The predicted octanol–water partition coefficient (Wildman–Crippen LogP) is 3.20. The third-order valence-electron chi connectivity index (χ3n) is 4.76. The van der Waals surface area contributed by atoms with Gasteiger partial charge in [0.15, 0.2) is 5.89 Å². The van der Waals surface area contributed by atoms with Crippen LogP contribution in [0.15, 0.2) is 22.6 Å². The molecular weight excluding hydrogens is 332 g/mol. The van der Waals surface area contributed by atoms with E-state index in [1.807, 2.05) is 25.1 Å². The van der Waals surface area contributed by atoms with Crippen LogP contribution in [0.3, 0.4) is 0 Å². The zero-order valence-electron chi connectivity index (χ0n) is 15.0. The average molecular weight is 354 g/mol. The maximum absolute atomic E-state index is 12.6. The molecule has 2 heterocycles. The van der Waals surface area contributed by atoms with Gasteiger partial charge in [0.05, 0.1) is 11.4 Å². The first kappa shape index (κ1) is 16.6. The Balaban J connectivity index is 1.53. The van der Waals surface area contributed by atoms with E-state index < -0.39 is 0 Å². The Labute approximate surface area is 151 Å². The number of hydrogen-bond donors (Lipinski definition) is 2. The lowest BCUT2D eigenvalue weighted by molar-refractivity contribution is 0.0994. The van der Waals surface area contributed by atoms with Gasteiger partial charge in [-0.2, -0.15) is 0 Å². The Morgan fingerprint density at radius 3 is 2.88 bits per heavy atom. The number of urea groups is 1. The fourth-order valence-corrected chi connectivity index (χ4v) is 3.24. The van der Waals surface area contributed by atoms with E-state index >= 15 is 0 Å². The lowest BCUT2D eigenvalue weighted by Crippen LogP contribution is -2.38. The van der Waals surface area contributed by atoms with E-state index in [9.17, 15) is 9.59 Å². The number of anilines is 2. The van der Waals surface area contributed by atoms with Crippen molar-refractivity contribution in [1.82, 2.24) is 10.3 Å². The molecule has 0 radical (unpaired) electrons. The van der Waals surface area contributed by atoms with E-state index in [1.54, 1.807) is 11.8 Å². The van der Waals surface area contributed by atoms with Crippen LogP contribution in [0.4, 0.5) is 16.2 Å². The van der Waals surface area contributed by atoms with Gasteiger partial charge in [0, 0.05) is 24.7 Å². The number of aromatic nitrogens is 1. The number of oxazole rings is 1. The Bertz CT molecular complexity index is 870. The minimum Gasteiger partial charge on any atom is -0.435 e. The van der Waals surface area contributed by atoms with E-state index in [0.717, 1.165) is 30.5 Å². The monoisotopic (exact) mass is 354 g/mol. The molecule has 2 aliphatic rings. The molecule has 0 bridgehead atoms. The molecule has 1 aromatic heterocycles. The minimum atomic E-state index is -0.315. The van der Waals surface area contributed by atoms with Crippen LogP contribution < -0.4 is 15.5 Å². The highest BCUT2D eigenvalue weighted by Gasteiger charge is 2.31. The number of carbonyl (C=O) groups is 2. The Morgan fingerprint density at radius 2 is 2.15 bits per heavy atom. The van der Waals surface area contributed by atoms with E-state index in [-0.39, 0.29) is 17.7 Å². The summed E-state index contributed by atoms with van der Waals surface area (Å²) in [6.45, 7) is 4.89. The van der Waals surface area contributed by atoms with Crippen molar-refractivity contribution in [3.8, 4) is 0 Å². The average Bonchev–Trinajstić information content (AvgIpc) is 3.26. The van der Waals surface area contributed by atoms with Gasteiger partial charge >= 0.3 is 6.03 Å². The third kappa shape index (κ3) is 3.05. The summed E-state index contributed by atoms with van der Waals surface area (Å²) >= 11 is 0. The first-order chi connectivity index (χ1) is 12.6. The second-order valence-corrected chi connectivity index (χ2v) is 6.78. The molecule has 7 heteroatoms. The molecule has 2 aromatic rings. The van der Waals surface area contributed by atoms with Crippen LogP contribution in [0.2, 0.25) is 0 Å². The summed E-state index contributed by atoms with van der Waals surface area (Å²) in [4.78, 5) is 30.8. The molecule has 2 N–H and O–H groups in total. The van der Waals surface area contributed by atoms with Crippen LogP contribution in [0.25, 0.3) is 0 Å². The van der Waals surface area contributed by atoms with Gasteiger partial charge in [0.1, 0.15) is 0 Å². The maximum Gasteiger partial charge on any atom is 0.321 e. The molecule has 0 atom stereocenters. The lowest BCUT2D eigenvalue weighted by atomic mass is 10.1. The van der Waals surface area contributed by atoms with Crippen LogP contribution in [0.1, 0.15) is 53.4 Å². The molecule has 4 rings (SSSR count). The number of nitrogens with zero attached hydrogens (tertiary/aromatic N) is 2. The number of aryl methyl sites for hydroxylation is 1. The number of hydrogen-bond acceptors (Lipinski definition) is 4. The molecule has 7 nitrogen and oxygen atoms in total. The van der Waals surface area contributed by atoms with E-state index in [1.165, 1.54) is 0 Å². The highest BCUT2D eigenvalue weighted by Crippen LogP contribution is 2.40. The zero-order chi connectivity index (χ0) is 18.3. The summed E-state index contributed by atoms with van der Waals surface area (Å²) in [5.74, 6) is 0.960. The molecule has 1 aromatic carbocycles. The number of amides is 3. The van der Waals surface area contributed by atoms with E-state index in [4.69, 9.17) is 4.42 Å². The molecule has 0 saturated heterocycles. The summed E-state index contributed by atoms with van der Waals surface area (Å²) in [7, 11) is 0. The normalized spacial score (nSPS) is 15.7. The van der Waals surface area contributed by atoms with Gasteiger partial charge in [-0.25, -0.2) is 9.78 Å². The Hall–Kier alpha value is -2.83. The van der Waals surface area contributed by atoms with E-state index in [2.05, 4.69) is 15.6 Å². The van der Waals surface area contributed by atoms with Crippen molar-refractivity contribution >= 4 is 23.3 Å². The number of fused-ring (bicyclic) bond motifs is 1. The van der Waals surface area contributed by atoms with Crippen molar-refractivity contribution in [2.75, 3.05) is 23.3 Å². The van der Waals surface area contributed by atoms with Gasteiger partial charge < -0.3 is 15.1 Å². The van der Waals surface area contributed by atoms with Crippen LogP contribution in [0.5, 0.6) is 0 Å². The van der Waals surface area contributed by atoms with Gasteiger partial charge in [-0.3, -0.25) is 9.69 Å². The maximum atomic E-state index is 12.6. The van der Waals surface area contributed by atoms with Gasteiger partial charge in [0.25, 0.3) is 5.91 Å². The quantitative estimate of drug-likeness (QED) is 0.882. The van der Waals surface area contributed by atoms with Gasteiger partial charge in [-0.1, -0.05) is 6.07 Å². The first-order valence-electron chi connectivity index (χ1n) is 9.03. The van der Waals surface area contributed by atoms with Gasteiger partial charge in [-0.15, -0.1) is 0 Å². The molecule has 1 fully saturated rings. The standard InChI is InChI=1S/C19H22N4O3/c1-3-20-19(25)23-9-8-12-6-7-14(10-15(12)23)22-17(24)16-11(2)21-18(26-16)13-4-5-13/h6-7,10,13H,3-5,8-9H2,1-2H3,(H,20,25)(H,22,24). The highest BCUT2D eigenvalue weighted by molar-refractivity contribution is 6.04. The van der Waals surface area contributed by atoms with E-state index in [0.29, 0.717) is 36.3 Å². The number of benzene rings is 1. The highest BCUT2D eigenvalue weighted by atomic mass is 16.4. The van der Waals surface area contributed by atoms with Crippen molar-refractivity contribution in [3.63, 3.8) is 0 Å². The molecule has 1 aliphatic carbocycles. The largest absolute Gasteiger partial charge is 0.435 e. The summed E-state index contributed by atoms with van der Waals surface area (Å²) < 4.78 is 5.66. The summed E-state index contributed by atoms with van der Waals surface area (Å²) in [5, 5.41) is 5.68. The molecular formula is C19H22N4O3. The number of rotatable bonds is 4. The molecule has 136 valence electrons. The van der Waals surface area contributed by atoms with Crippen molar-refractivity contribution in [3.05, 3.63) is 41.1 Å². The van der Waals surface area contributed by atoms with Crippen molar-refractivity contribution in [2.24, 2.45) is 0 Å². The molecule has 3 amide bonds. The minimum absolute atomic E-state index is 0.116. The smallest absolute Gasteiger partial charge is 0.321 e. The summed E-state index contributed by atoms with van der Waals surface area (Å²) in [6.07, 6.45) is 2.95. The molecule has 0 unspecified atom stereocenters. The van der Waals surface area contributed by atoms with Crippen molar-refractivity contribution in [1.29, 1.82) is 0 Å². The third-order valence-corrected chi connectivity index (χ3v) is 4.76. The summed E-state index contributed by atoms with van der Waals surface area (Å²) in [5.41, 5.74) is 3.17. The van der Waals surface area contributed by atoms with Crippen LogP contribution in [0, 0.1) is 6.92 Å². The van der Waals surface area contributed by atoms with Crippen LogP contribution >= 0.6 is 0 Å². The lowest BCUT2D eigenvalue weighted by Gasteiger charge is -2.18. The first-order valence-corrected chi connectivity index (χ1v) is 9.03. The fourth-order valence-electron chi connectivity index (χ4n) is 3.24. The second-order valence-electron chi connectivity index (χ2n) is 6.78.